The first-order valence-electron chi connectivity index (χ1n) is 10.6. The van der Waals surface area contributed by atoms with Crippen molar-refractivity contribution in [2.24, 2.45) is 0 Å². The second-order valence-electron chi connectivity index (χ2n) is 8.60. The van der Waals surface area contributed by atoms with Gasteiger partial charge in [-0.25, -0.2) is 0 Å². The summed E-state index contributed by atoms with van der Waals surface area (Å²) in [6, 6.07) is 3.48. The monoisotopic (exact) mass is 464 g/mol. The molecule has 0 aliphatic rings. The zero-order valence-electron chi connectivity index (χ0n) is 19.1. The molecule has 0 fully saturated rings. The number of hydrogen-bond donors (Lipinski definition) is 5. The highest BCUT2D eigenvalue weighted by molar-refractivity contribution is 6.10. The van der Waals surface area contributed by atoms with Crippen molar-refractivity contribution in [2.45, 2.75) is 40.5 Å². The number of hydrogen-bond acceptors (Lipinski definition) is 8. The normalized spacial score (nSPS) is 11.4. The van der Waals surface area contributed by atoms with Crippen molar-refractivity contribution in [3.05, 3.63) is 62.0 Å². The van der Waals surface area contributed by atoms with E-state index in [-0.39, 0.29) is 63.2 Å². The van der Waals surface area contributed by atoms with Gasteiger partial charge in [0.05, 0.1) is 5.39 Å². The molecule has 0 saturated carbocycles. The fourth-order valence-corrected chi connectivity index (χ4v) is 4.56. The summed E-state index contributed by atoms with van der Waals surface area (Å²) in [5.41, 5.74) is 1.23. The third-order valence-corrected chi connectivity index (χ3v) is 6.20. The fourth-order valence-electron chi connectivity index (χ4n) is 4.56. The van der Waals surface area contributed by atoms with Crippen LogP contribution in [0.3, 0.4) is 0 Å². The summed E-state index contributed by atoms with van der Waals surface area (Å²) in [7, 11) is 0. The largest absolute Gasteiger partial charge is 0.507 e. The second-order valence-corrected chi connectivity index (χ2v) is 8.60. The van der Waals surface area contributed by atoms with Crippen LogP contribution in [0.15, 0.2) is 27.4 Å². The van der Waals surface area contributed by atoms with Crippen LogP contribution < -0.4 is 5.43 Å². The number of rotatable bonds is 4. The fraction of sp³-hybridized carbons (Fsp3) is 0.231. The number of benzene rings is 3. The molecule has 0 saturated heterocycles. The van der Waals surface area contributed by atoms with Gasteiger partial charge in [-0.3, -0.25) is 9.59 Å². The number of carbonyl (C=O) groups excluding carboxylic acids is 1. The Morgan fingerprint density at radius 2 is 1.44 bits per heavy atom. The zero-order valence-corrected chi connectivity index (χ0v) is 19.1. The van der Waals surface area contributed by atoms with Crippen LogP contribution in [0.25, 0.3) is 21.7 Å². The third-order valence-electron chi connectivity index (χ3n) is 6.20. The van der Waals surface area contributed by atoms with Gasteiger partial charge in [0.25, 0.3) is 0 Å². The first kappa shape index (κ1) is 23.0. The van der Waals surface area contributed by atoms with Crippen molar-refractivity contribution in [3.63, 3.8) is 0 Å². The summed E-state index contributed by atoms with van der Waals surface area (Å²) < 4.78 is 5.86. The lowest BCUT2D eigenvalue weighted by Gasteiger charge is -2.20. The molecule has 0 radical (unpaired) electrons. The molecule has 0 bridgehead atoms. The zero-order chi connectivity index (χ0) is 25.1. The Morgan fingerprint density at radius 1 is 0.794 bits per heavy atom. The molecule has 0 atom stereocenters. The molecule has 8 heteroatoms. The summed E-state index contributed by atoms with van der Waals surface area (Å²) in [6.07, 6.45) is -0.144. The van der Waals surface area contributed by atoms with Gasteiger partial charge >= 0.3 is 0 Å². The predicted octanol–water partition coefficient (Wildman–Crippen LogP) is 4.12. The molecule has 4 aromatic rings. The van der Waals surface area contributed by atoms with Gasteiger partial charge in [0.15, 0.2) is 5.43 Å². The molecular weight excluding hydrogens is 440 g/mol. The van der Waals surface area contributed by atoms with E-state index in [1.165, 1.54) is 26.0 Å². The molecule has 0 spiro atoms. The molecule has 4 rings (SSSR count). The van der Waals surface area contributed by atoms with Crippen molar-refractivity contribution in [1.82, 2.24) is 0 Å². The van der Waals surface area contributed by atoms with Crippen LogP contribution in [0.4, 0.5) is 0 Å². The molecule has 0 amide bonds. The van der Waals surface area contributed by atoms with Gasteiger partial charge in [0.1, 0.15) is 51.3 Å². The molecule has 8 nitrogen and oxygen atoms in total. The smallest absolute Gasteiger partial charge is 0.182 e. The average molecular weight is 464 g/mol. The van der Waals surface area contributed by atoms with Crippen molar-refractivity contribution in [3.8, 4) is 28.7 Å². The summed E-state index contributed by atoms with van der Waals surface area (Å²) >= 11 is 0. The van der Waals surface area contributed by atoms with Gasteiger partial charge in [0.2, 0.25) is 0 Å². The first-order valence-corrected chi connectivity index (χ1v) is 10.6. The minimum Gasteiger partial charge on any atom is -0.507 e. The molecule has 0 aliphatic heterocycles. The molecule has 0 aliphatic carbocycles. The number of phenols is 4. The van der Waals surface area contributed by atoms with Gasteiger partial charge in [-0.1, -0.05) is 0 Å². The van der Waals surface area contributed by atoms with E-state index >= 15 is 0 Å². The Morgan fingerprint density at radius 3 is 2.09 bits per heavy atom. The Bertz CT molecular complexity index is 1580. The summed E-state index contributed by atoms with van der Waals surface area (Å²) in [5.74, 6) is -1.46. The van der Waals surface area contributed by atoms with Crippen LogP contribution in [0.2, 0.25) is 0 Å². The number of fused-ring (bicyclic) bond motifs is 2. The Labute approximate surface area is 194 Å². The molecule has 5 N–H and O–H groups in total. The van der Waals surface area contributed by atoms with E-state index in [0.717, 1.165) is 6.07 Å². The maximum atomic E-state index is 12.3. The molecule has 1 aromatic heterocycles. The molecule has 3 aromatic carbocycles. The van der Waals surface area contributed by atoms with Gasteiger partial charge in [-0.15, -0.1) is 0 Å². The Kier molecular flexibility index (Phi) is 5.39. The van der Waals surface area contributed by atoms with Crippen LogP contribution in [-0.4, -0.2) is 31.3 Å². The minimum atomic E-state index is -0.520. The second kappa shape index (κ2) is 7.98. The average Bonchev–Trinajstić information content (AvgIpc) is 2.73. The lowest BCUT2D eigenvalue weighted by Crippen LogP contribution is -2.08. The number of carbonyl (C=O) groups is 1. The van der Waals surface area contributed by atoms with Gasteiger partial charge in [-0.05, 0) is 44.9 Å². The van der Waals surface area contributed by atoms with Crippen molar-refractivity contribution < 1.29 is 34.7 Å². The van der Waals surface area contributed by atoms with E-state index in [1.54, 1.807) is 13.8 Å². The van der Waals surface area contributed by atoms with E-state index in [4.69, 9.17) is 4.42 Å². The van der Waals surface area contributed by atoms with E-state index < -0.39 is 16.9 Å². The van der Waals surface area contributed by atoms with Crippen LogP contribution in [-0.2, 0) is 17.6 Å². The summed E-state index contributed by atoms with van der Waals surface area (Å²) in [6.45, 7) is 6.16. The number of Topliss-reactive ketones (excluding diaryl/α,β-unsaturated/α-hetero) is 1. The Balaban J connectivity index is 2.19. The van der Waals surface area contributed by atoms with E-state index in [0.29, 0.717) is 28.0 Å². The van der Waals surface area contributed by atoms with Crippen LogP contribution >= 0.6 is 0 Å². The highest BCUT2D eigenvalue weighted by Crippen LogP contribution is 2.47. The molecule has 176 valence electrons. The van der Waals surface area contributed by atoms with Gasteiger partial charge in [0, 0.05) is 47.1 Å². The quantitative estimate of drug-likeness (QED) is 0.283. The topological polar surface area (TPSA) is 148 Å². The van der Waals surface area contributed by atoms with E-state index in [2.05, 4.69) is 0 Å². The molecule has 34 heavy (non-hydrogen) atoms. The molecular formula is C26H24O8. The number of phenolic OH excluding ortho intramolecular Hbond substituents is 4. The molecule has 0 unspecified atom stereocenters. The highest BCUT2D eigenvalue weighted by Gasteiger charge is 2.26. The van der Waals surface area contributed by atoms with Crippen LogP contribution in [0, 0.1) is 20.8 Å². The third kappa shape index (κ3) is 3.48. The van der Waals surface area contributed by atoms with Crippen LogP contribution in [0.5, 0.6) is 28.7 Å². The van der Waals surface area contributed by atoms with Crippen molar-refractivity contribution in [2.75, 3.05) is 0 Å². The summed E-state index contributed by atoms with van der Waals surface area (Å²) in [4.78, 5) is 24.3. The van der Waals surface area contributed by atoms with Crippen LogP contribution in [0.1, 0.15) is 40.5 Å². The highest BCUT2D eigenvalue weighted by atomic mass is 16.3. The lowest BCUT2D eigenvalue weighted by molar-refractivity contribution is -0.116. The predicted molar refractivity (Wildman–Crippen MR) is 126 cm³/mol. The molecule has 1 heterocycles. The maximum absolute atomic E-state index is 12.3. The van der Waals surface area contributed by atoms with E-state index in [9.17, 15) is 35.1 Å². The number of ketones is 1. The SMILES string of the molecule is CC(=O)Cc1c(C)c(O)c(C)c(O)c1Cc1c2cc(=O)cc(O)c2c(O)c2c(O)cc(C)oc12. The lowest BCUT2D eigenvalue weighted by atomic mass is 9.87. The van der Waals surface area contributed by atoms with Gasteiger partial charge in [-0.2, -0.15) is 0 Å². The van der Waals surface area contributed by atoms with Crippen molar-refractivity contribution in [1.29, 1.82) is 0 Å². The van der Waals surface area contributed by atoms with E-state index in [1.807, 2.05) is 0 Å². The standard InChI is InChI=1S/C26H24O8/c1-10(27)5-15-12(3)23(31)13(4)24(32)17(15)9-18-16-7-14(28)8-20(30)21(16)25(33)22-19(29)6-11(2)34-26(18)22/h6-8,29-33H,5,9H2,1-4H3. The van der Waals surface area contributed by atoms with Gasteiger partial charge < -0.3 is 29.9 Å². The minimum absolute atomic E-state index is 0.0590. The maximum Gasteiger partial charge on any atom is 0.182 e. The van der Waals surface area contributed by atoms with Crippen molar-refractivity contribution >= 4 is 27.5 Å². The number of aryl methyl sites for hydroxylation is 1. The Hall–Kier alpha value is -4.20. The first-order chi connectivity index (χ1) is 15.9. The number of aromatic hydroxyl groups is 5. The summed E-state index contributed by atoms with van der Waals surface area (Å²) in [5, 5.41) is 53.4.